The second-order valence-electron chi connectivity index (χ2n) is 4.99. The Balaban J connectivity index is 1.62. The number of amides is 1. The number of aryl methyl sites for hydroxylation is 1. The molecular weight excluding hydrogens is 284 g/mol. The fourth-order valence-corrected chi connectivity index (χ4v) is 1.98. The van der Waals surface area contributed by atoms with Crippen molar-refractivity contribution in [1.82, 2.24) is 4.98 Å². The fourth-order valence-electron chi connectivity index (χ4n) is 1.98. The first-order valence-electron chi connectivity index (χ1n) is 6.91. The molecule has 2 aromatic rings. The molecule has 1 aromatic heterocycles. The number of anilines is 1. The Labute approximate surface area is 128 Å². The molecule has 1 aliphatic rings. The lowest BCUT2D eigenvalue weighted by Crippen LogP contribution is -2.30. The summed E-state index contributed by atoms with van der Waals surface area (Å²) in [5.41, 5.74) is 1.03. The molecule has 0 fully saturated rings. The largest absolute Gasteiger partial charge is 0.481 e. The first-order valence-corrected chi connectivity index (χ1v) is 6.91. The van der Waals surface area contributed by atoms with Gasteiger partial charge in [-0.1, -0.05) is 6.07 Å². The maximum absolute atomic E-state index is 12.1. The second-order valence-corrected chi connectivity index (χ2v) is 4.99. The smallest absolute Gasteiger partial charge is 0.266 e. The standard InChI is InChI=1S/C16H16N2O4/c1-10-3-6-15(17-8-10)18-16(19)11(2)22-12-4-5-13-14(7-12)21-9-20-13/h3-8,11H,9H2,1-2H3,(H,17,18,19). The van der Waals surface area contributed by atoms with Crippen LogP contribution in [0.25, 0.3) is 0 Å². The number of nitrogens with one attached hydrogen (secondary N) is 1. The summed E-state index contributed by atoms with van der Waals surface area (Å²) in [5, 5.41) is 2.71. The molecule has 1 aromatic carbocycles. The first-order chi connectivity index (χ1) is 10.6. The van der Waals surface area contributed by atoms with Gasteiger partial charge in [0.1, 0.15) is 11.6 Å². The molecule has 2 heterocycles. The van der Waals surface area contributed by atoms with Crippen LogP contribution in [0.3, 0.4) is 0 Å². The Hall–Kier alpha value is -2.76. The van der Waals surface area contributed by atoms with Crippen LogP contribution in [0, 0.1) is 6.92 Å². The molecule has 6 heteroatoms. The number of aromatic nitrogens is 1. The van der Waals surface area contributed by atoms with Gasteiger partial charge < -0.3 is 19.5 Å². The van der Waals surface area contributed by atoms with Gasteiger partial charge in [-0.15, -0.1) is 0 Å². The minimum Gasteiger partial charge on any atom is -0.481 e. The van der Waals surface area contributed by atoms with E-state index in [0.717, 1.165) is 5.56 Å². The third kappa shape index (κ3) is 3.11. The minimum atomic E-state index is -0.663. The van der Waals surface area contributed by atoms with Gasteiger partial charge in [0.05, 0.1) is 0 Å². The molecule has 0 aliphatic carbocycles. The Morgan fingerprint density at radius 1 is 1.27 bits per heavy atom. The number of rotatable bonds is 4. The molecule has 3 rings (SSSR count). The summed E-state index contributed by atoms with van der Waals surface area (Å²) in [7, 11) is 0. The van der Waals surface area contributed by atoms with Crippen LogP contribution < -0.4 is 19.5 Å². The maximum atomic E-state index is 12.1. The Bertz CT molecular complexity index is 685. The zero-order valence-electron chi connectivity index (χ0n) is 12.3. The summed E-state index contributed by atoms with van der Waals surface area (Å²) < 4.78 is 16.1. The number of hydrogen-bond acceptors (Lipinski definition) is 5. The maximum Gasteiger partial charge on any atom is 0.266 e. The zero-order valence-corrected chi connectivity index (χ0v) is 12.3. The van der Waals surface area contributed by atoms with Crippen molar-refractivity contribution in [2.24, 2.45) is 0 Å². The molecule has 6 nitrogen and oxygen atoms in total. The van der Waals surface area contributed by atoms with Crippen LogP contribution in [-0.2, 0) is 4.79 Å². The number of nitrogens with zero attached hydrogens (tertiary/aromatic N) is 1. The van der Waals surface area contributed by atoms with Gasteiger partial charge in [-0.05, 0) is 37.6 Å². The molecule has 1 unspecified atom stereocenters. The lowest BCUT2D eigenvalue weighted by molar-refractivity contribution is -0.122. The van der Waals surface area contributed by atoms with Gasteiger partial charge in [0.2, 0.25) is 6.79 Å². The van der Waals surface area contributed by atoms with E-state index in [4.69, 9.17) is 14.2 Å². The van der Waals surface area contributed by atoms with Crippen LogP contribution in [0.4, 0.5) is 5.82 Å². The van der Waals surface area contributed by atoms with Crippen molar-refractivity contribution >= 4 is 11.7 Å². The summed E-state index contributed by atoms with van der Waals surface area (Å²) in [6.07, 6.45) is 1.03. The summed E-state index contributed by atoms with van der Waals surface area (Å²) in [6, 6.07) is 8.83. The van der Waals surface area contributed by atoms with Gasteiger partial charge in [0.25, 0.3) is 5.91 Å². The molecule has 1 N–H and O–H groups in total. The monoisotopic (exact) mass is 300 g/mol. The lowest BCUT2D eigenvalue weighted by Gasteiger charge is -2.14. The van der Waals surface area contributed by atoms with Crippen LogP contribution in [0.1, 0.15) is 12.5 Å². The van der Waals surface area contributed by atoms with Crippen LogP contribution in [-0.4, -0.2) is 23.8 Å². The van der Waals surface area contributed by atoms with E-state index in [1.54, 1.807) is 37.4 Å². The van der Waals surface area contributed by atoms with Crippen molar-refractivity contribution in [2.45, 2.75) is 20.0 Å². The predicted molar refractivity (Wildman–Crippen MR) is 80.3 cm³/mol. The van der Waals surface area contributed by atoms with Crippen LogP contribution in [0.5, 0.6) is 17.2 Å². The number of carbonyl (C=O) groups is 1. The minimum absolute atomic E-state index is 0.202. The fraction of sp³-hybridized carbons (Fsp3) is 0.250. The number of carbonyl (C=O) groups excluding carboxylic acids is 1. The van der Waals surface area contributed by atoms with E-state index in [0.29, 0.717) is 23.1 Å². The first kappa shape index (κ1) is 14.2. The number of benzene rings is 1. The van der Waals surface area contributed by atoms with E-state index < -0.39 is 6.10 Å². The quantitative estimate of drug-likeness (QED) is 0.939. The number of hydrogen-bond donors (Lipinski definition) is 1. The highest BCUT2D eigenvalue weighted by Gasteiger charge is 2.18. The molecule has 0 bridgehead atoms. The lowest BCUT2D eigenvalue weighted by atomic mass is 10.3. The van der Waals surface area contributed by atoms with E-state index in [1.807, 2.05) is 13.0 Å². The van der Waals surface area contributed by atoms with E-state index in [2.05, 4.69) is 10.3 Å². The van der Waals surface area contributed by atoms with E-state index >= 15 is 0 Å². The normalized spacial score (nSPS) is 13.5. The van der Waals surface area contributed by atoms with Gasteiger partial charge in [0, 0.05) is 12.3 Å². The zero-order chi connectivity index (χ0) is 15.5. The van der Waals surface area contributed by atoms with Crippen molar-refractivity contribution in [2.75, 3.05) is 12.1 Å². The average molecular weight is 300 g/mol. The third-order valence-corrected chi connectivity index (χ3v) is 3.19. The van der Waals surface area contributed by atoms with Crippen LogP contribution >= 0.6 is 0 Å². The summed E-state index contributed by atoms with van der Waals surface area (Å²) in [5.74, 6) is 2.06. The third-order valence-electron chi connectivity index (χ3n) is 3.19. The van der Waals surface area contributed by atoms with Crippen molar-refractivity contribution in [3.05, 3.63) is 42.1 Å². The van der Waals surface area contributed by atoms with Gasteiger partial charge in [-0.25, -0.2) is 4.98 Å². The Morgan fingerprint density at radius 3 is 2.86 bits per heavy atom. The number of pyridine rings is 1. The van der Waals surface area contributed by atoms with E-state index in [1.165, 1.54) is 0 Å². The van der Waals surface area contributed by atoms with Crippen molar-refractivity contribution in [3.63, 3.8) is 0 Å². The molecule has 1 amide bonds. The van der Waals surface area contributed by atoms with Gasteiger partial charge in [-0.2, -0.15) is 0 Å². The Morgan fingerprint density at radius 2 is 2.09 bits per heavy atom. The van der Waals surface area contributed by atoms with Crippen molar-refractivity contribution in [3.8, 4) is 17.2 Å². The topological polar surface area (TPSA) is 69.7 Å². The average Bonchev–Trinajstić information content (AvgIpc) is 2.97. The van der Waals surface area contributed by atoms with Crippen LogP contribution in [0.2, 0.25) is 0 Å². The second kappa shape index (κ2) is 5.93. The highest BCUT2D eigenvalue weighted by atomic mass is 16.7. The molecular formula is C16H16N2O4. The molecule has 114 valence electrons. The van der Waals surface area contributed by atoms with Gasteiger partial charge in [0.15, 0.2) is 17.6 Å². The van der Waals surface area contributed by atoms with E-state index in [-0.39, 0.29) is 12.7 Å². The van der Waals surface area contributed by atoms with Gasteiger partial charge >= 0.3 is 0 Å². The number of ether oxygens (including phenoxy) is 3. The highest BCUT2D eigenvalue weighted by Crippen LogP contribution is 2.35. The molecule has 0 saturated carbocycles. The summed E-state index contributed by atoms with van der Waals surface area (Å²) in [6.45, 7) is 3.81. The Kier molecular flexibility index (Phi) is 3.82. The SMILES string of the molecule is Cc1ccc(NC(=O)C(C)Oc2ccc3c(c2)OCO3)nc1. The number of fused-ring (bicyclic) bond motifs is 1. The summed E-state index contributed by atoms with van der Waals surface area (Å²) in [4.78, 5) is 16.2. The molecule has 22 heavy (non-hydrogen) atoms. The molecule has 1 atom stereocenters. The molecule has 0 radical (unpaired) electrons. The molecule has 1 aliphatic heterocycles. The van der Waals surface area contributed by atoms with Gasteiger partial charge in [-0.3, -0.25) is 4.79 Å². The van der Waals surface area contributed by atoms with Crippen molar-refractivity contribution < 1.29 is 19.0 Å². The van der Waals surface area contributed by atoms with Crippen molar-refractivity contribution in [1.29, 1.82) is 0 Å². The summed E-state index contributed by atoms with van der Waals surface area (Å²) >= 11 is 0. The molecule has 0 saturated heterocycles. The predicted octanol–water partition coefficient (Wildman–Crippen LogP) is 2.52. The molecule has 0 spiro atoms. The highest BCUT2D eigenvalue weighted by molar-refractivity contribution is 5.93. The van der Waals surface area contributed by atoms with E-state index in [9.17, 15) is 4.79 Å². The van der Waals surface area contributed by atoms with Crippen LogP contribution in [0.15, 0.2) is 36.5 Å².